The fourth-order valence-electron chi connectivity index (χ4n) is 0.745. The maximum Gasteiger partial charge on any atom is 0.0697 e. The molecule has 0 bridgehead atoms. The van der Waals surface area contributed by atoms with Crippen LogP contribution in [0.3, 0.4) is 0 Å². The highest BCUT2D eigenvalue weighted by Gasteiger charge is 2.03. The minimum Gasteiger partial charge on any atom is -0.392 e. The van der Waals surface area contributed by atoms with Crippen molar-refractivity contribution in [2.45, 2.75) is 11.5 Å². The molecule has 1 N–H and O–H groups in total. The number of hydrogen-bond acceptors (Lipinski definition) is 2. The Morgan fingerprint density at radius 3 is 2.55 bits per heavy atom. The van der Waals surface area contributed by atoms with Crippen molar-refractivity contribution in [1.82, 2.24) is 0 Å². The largest absolute Gasteiger partial charge is 0.392 e. The number of aliphatic hydroxyl groups is 1. The number of benzene rings is 1. The summed E-state index contributed by atoms with van der Waals surface area (Å²) in [6.45, 7) is -0.118. The summed E-state index contributed by atoms with van der Waals surface area (Å²) in [5.74, 6) is 0. The van der Waals surface area contributed by atoms with E-state index in [9.17, 15) is 0 Å². The summed E-state index contributed by atoms with van der Waals surface area (Å²) < 4.78 is 0. The molecule has 0 saturated carbocycles. The van der Waals surface area contributed by atoms with Gasteiger partial charge in [-0.15, -0.1) is 12.6 Å². The zero-order valence-corrected chi connectivity index (χ0v) is 7.92. The lowest BCUT2D eigenvalue weighted by Gasteiger charge is -2.03. The standard InChI is InChI=1S/C7H6Cl2OS/c8-5-1-4(3-10)7(9)6(11)2-5/h1-2,10-11H,3H2. The van der Waals surface area contributed by atoms with E-state index >= 15 is 0 Å². The number of thiol groups is 1. The van der Waals surface area contributed by atoms with Gasteiger partial charge in [0.05, 0.1) is 11.6 Å². The molecule has 4 heteroatoms. The molecule has 0 atom stereocenters. The van der Waals surface area contributed by atoms with Crippen LogP contribution in [0, 0.1) is 0 Å². The second-order valence-electron chi connectivity index (χ2n) is 2.06. The molecule has 0 aliphatic heterocycles. The van der Waals surface area contributed by atoms with Gasteiger partial charge in [-0.1, -0.05) is 23.2 Å². The second kappa shape index (κ2) is 3.68. The van der Waals surface area contributed by atoms with Crippen molar-refractivity contribution in [3.63, 3.8) is 0 Å². The van der Waals surface area contributed by atoms with Crippen molar-refractivity contribution in [2.24, 2.45) is 0 Å². The third-order valence-corrected chi connectivity index (χ3v) is 2.41. The molecule has 0 aliphatic rings. The Bertz CT molecular complexity index is 275. The summed E-state index contributed by atoms with van der Waals surface area (Å²) in [6.07, 6.45) is 0. The van der Waals surface area contributed by atoms with Crippen LogP contribution in [0.25, 0.3) is 0 Å². The van der Waals surface area contributed by atoms with E-state index < -0.39 is 0 Å². The highest BCUT2D eigenvalue weighted by Crippen LogP contribution is 2.28. The molecule has 0 unspecified atom stereocenters. The van der Waals surface area contributed by atoms with Crippen LogP contribution in [0.2, 0.25) is 10.0 Å². The number of halogens is 2. The second-order valence-corrected chi connectivity index (χ2v) is 3.35. The first kappa shape index (κ1) is 9.20. The Hall–Kier alpha value is 0.110. The summed E-state index contributed by atoms with van der Waals surface area (Å²) in [4.78, 5) is 0.586. The zero-order valence-electron chi connectivity index (χ0n) is 5.51. The summed E-state index contributed by atoms with van der Waals surface area (Å²) in [7, 11) is 0. The van der Waals surface area contributed by atoms with Crippen LogP contribution in [-0.2, 0) is 6.61 Å². The molecule has 0 aromatic heterocycles. The van der Waals surface area contributed by atoms with Gasteiger partial charge in [0.25, 0.3) is 0 Å². The Morgan fingerprint density at radius 2 is 2.00 bits per heavy atom. The third-order valence-electron chi connectivity index (χ3n) is 1.26. The van der Waals surface area contributed by atoms with Crippen LogP contribution >= 0.6 is 35.8 Å². The highest BCUT2D eigenvalue weighted by atomic mass is 35.5. The Balaban J connectivity index is 3.24. The molecule has 0 amide bonds. The Morgan fingerprint density at radius 1 is 1.36 bits per heavy atom. The fourth-order valence-corrected chi connectivity index (χ4v) is 1.51. The number of rotatable bonds is 1. The summed E-state index contributed by atoms with van der Waals surface area (Å²) in [6, 6.07) is 3.25. The normalized spacial score (nSPS) is 10.2. The first-order chi connectivity index (χ1) is 5.15. The maximum absolute atomic E-state index is 8.79. The predicted molar refractivity (Wildman–Crippen MR) is 49.6 cm³/mol. The topological polar surface area (TPSA) is 20.2 Å². The number of hydrogen-bond donors (Lipinski definition) is 2. The van der Waals surface area contributed by atoms with Gasteiger partial charge in [0.2, 0.25) is 0 Å². The van der Waals surface area contributed by atoms with Gasteiger partial charge in [-0.3, -0.25) is 0 Å². The first-order valence-electron chi connectivity index (χ1n) is 2.93. The summed E-state index contributed by atoms with van der Waals surface area (Å²) in [5.41, 5.74) is 0.601. The van der Waals surface area contributed by atoms with E-state index in [1.807, 2.05) is 0 Å². The fraction of sp³-hybridized carbons (Fsp3) is 0.143. The van der Waals surface area contributed by atoms with E-state index in [0.717, 1.165) is 0 Å². The monoisotopic (exact) mass is 208 g/mol. The third kappa shape index (κ3) is 2.03. The van der Waals surface area contributed by atoms with Crippen LogP contribution in [0.1, 0.15) is 5.56 Å². The molecule has 0 saturated heterocycles. The van der Waals surface area contributed by atoms with E-state index in [-0.39, 0.29) is 6.61 Å². The van der Waals surface area contributed by atoms with E-state index in [1.54, 1.807) is 12.1 Å². The van der Waals surface area contributed by atoms with Gasteiger partial charge in [0.15, 0.2) is 0 Å². The SMILES string of the molecule is OCc1cc(Cl)cc(S)c1Cl. The average molecular weight is 209 g/mol. The van der Waals surface area contributed by atoms with E-state index in [2.05, 4.69) is 12.6 Å². The van der Waals surface area contributed by atoms with E-state index in [1.165, 1.54) is 0 Å². The van der Waals surface area contributed by atoms with Crippen LogP contribution in [0.5, 0.6) is 0 Å². The quantitative estimate of drug-likeness (QED) is 0.681. The van der Waals surface area contributed by atoms with E-state index in [0.29, 0.717) is 20.5 Å². The predicted octanol–water partition coefficient (Wildman–Crippen LogP) is 2.77. The maximum atomic E-state index is 8.79. The van der Waals surface area contributed by atoms with E-state index in [4.69, 9.17) is 28.3 Å². The van der Waals surface area contributed by atoms with Gasteiger partial charge < -0.3 is 5.11 Å². The van der Waals surface area contributed by atoms with Crippen LogP contribution in [-0.4, -0.2) is 5.11 Å². The lowest BCUT2D eigenvalue weighted by Crippen LogP contribution is -1.85. The molecular weight excluding hydrogens is 203 g/mol. The molecule has 0 aliphatic carbocycles. The minimum atomic E-state index is -0.118. The van der Waals surface area contributed by atoms with Crippen LogP contribution < -0.4 is 0 Å². The number of aliphatic hydroxyl groups excluding tert-OH is 1. The molecule has 1 rings (SSSR count). The van der Waals surface area contributed by atoms with Gasteiger partial charge in [-0.05, 0) is 17.7 Å². The molecule has 0 heterocycles. The van der Waals surface area contributed by atoms with Crippen molar-refractivity contribution in [1.29, 1.82) is 0 Å². The molecular formula is C7H6Cl2OS. The van der Waals surface area contributed by atoms with Crippen molar-refractivity contribution >= 4 is 35.8 Å². The van der Waals surface area contributed by atoms with Crippen molar-refractivity contribution < 1.29 is 5.11 Å². The molecule has 11 heavy (non-hydrogen) atoms. The first-order valence-corrected chi connectivity index (χ1v) is 4.13. The summed E-state index contributed by atoms with van der Waals surface area (Å²) in [5, 5.41) is 9.78. The van der Waals surface area contributed by atoms with Crippen molar-refractivity contribution in [3.05, 3.63) is 27.7 Å². The Labute approximate surface area is 80.4 Å². The van der Waals surface area contributed by atoms with Crippen molar-refractivity contribution in [3.8, 4) is 0 Å². The van der Waals surface area contributed by atoms with Crippen molar-refractivity contribution in [2.75, 3.05) is 0 Å². The van der Waals surface area contributed by atoms with Gasteiger partial charge in [0, 0.05) is 9.92 Å². The highest BCUT2D eigenvalue weighted by molar-refractivity contribution is 7.80. The molecule has 1 aromatic carbocycles. The lowest BCUT2D eigenvalue weighted by molar-refractivity contribution is 0.281. The molecule has 0 radical (unpaired) electrons. The van der Waals surface area contributed by atoms with Gasteiger partial charge >= 0.3 is 0 Å². The Kier molecular flexibility index (Phi) is 3.07. The molecule has 0 fully saturated rings. The van der Waals surface area contributed by atoms with Crippen LogP contribution in [0.15, 0.2) is 17.0 Å². The smallest absolute Gasteiger partial charge is 0.0697 e. The zero-order chi connectivity index (χ0) is 8.43. The minimum absolute atomic E-state index is 0.118. The van der Waals surface area contributed by atoms with Crippen LogP contribution in [0.4, 0.5) is 0 Å². The van der Waals surface area contributed by atoms with Gasteiger partial charge in [-0.2, -0.15) is 0 Å². The molecule has 1 aromatic rings. The molecule has 0 spiro atoms. The van der Waals surface area contributed by atoms with Gasteiger partial charge in [-0.25, -0.2) is 0 Å². The summed E-state index contributed by atoms with van der Waals surface area (Å²) >= 11 is 15.5. The van der Waals surface area contributed by atoms with Gasteiger partial charge in [0.1, 0.15) is 0 Å². The molecule has 1 nitrogen and oxygen atoms in total. The average Bonchev–Trinajstić information content (AvgIpc) is 1.96. The molecule has 60 valence electrons. The lowest BCUT2D eigenvalue weighted by atomic mass is 10.2.